The number of aliphatic carboxylic acids is 1. The third-order valence-electron chi connectivity index (χ3n) is 1.87. The van der Waals surface area contributed by atoms with Crippen LogP contribution in [-0.2, 0) is 9.53 Å². The van der Waals surface area contributed by atoms with Gasteiger partial charge < -0.3 is 15.2 Å². The summed E-state index contributed by atoms with van der Waals surface area (Å²) >= 11 is 0. The largest absolute Gasteiger partial charge is 0.479 e. The second kappa shape index (κ2) is 6.05. The number of nitrogens with one attached hydrogen (secondary N) is 1. The maximum atomic E-state index is 11.5. The fourth-order valence-corrected chi connectivity index (χ4v) is 1.03. The van der Waals surface area contributed by atoms with Crippen LogP contribution in [0.2, 0.25) is 0 Å². The Labute approximate surface area is 106 Å². The van der Waals surface area contributed by atoms with Crippen molar-refractivity contribution in [1.29, 1.82) is 5.26 Å². The first-order chi connectivity index (χ1) is 8.10. The van der Waals surface area contributed by atoms with E-state index in [1.165, 1.54) is 19.1 Å². The molecule has 2 N–H and O–H groups in total. The molecule has 100 valence electrons. The highest BCUT2D eigenvalue weighted by atomic mass is 16.6. The molecular weight excluding hydrogens is 236 g/mol. The van der Waals surface area contributed by atoms with E-state index >= 15 is 0 Å². The van der Waals surface area contributed by atoms with Gasteiger partial charge in [-0.1, -0.05) is 12.2 Å². The van der Waals surface area contributed by atoms with Crippen LogP contribution in [0, 0.1) is 11.3 Å². The average molecular weight is 254 g/mol. The third kappa shape index (κ3) is 5.89. The van der Waals surface area contributed by atoms with E-state index in [2.05, 4.69) is 5.32 Å². The normalized spacial score (nSPS) is 14.6. The van der Waals surface area contributed by atoms with Crippen LogP contribution < -0.4 is 5.32 Å². The number of hydrogen-bond donors (Lipinski definition) is 2. The molecule has 0 radical (unpaired) electrons. The first-order valence-electron chi connectivity index (χ1n) is 5.40. The summed E-state index contributed by atoms with van der Waals surface area (Å²) in [6, 6.07) is 1.85. The minimum absolute atomic E-state index is 0.0683. The molecule has 0 rings (SSSR count). The molecule has 0 saturated heterocycles. The molecular formula is C12H18N2O4. The molecule has 0 heterocycles. The lowest BCUT2D eigenvalue weighted by molar-refractivity contribution is -0.142. The topological polar surface area (TPSA) is 99.4 Å². The smallest absolute Gasteiger partial charge is 0.408 e. The SMILES string of the molecule is CC(C)(C)OC(=O)N[C@](C)(/C=C\CC#N)C(=O)O. The van der Waals surface area contributed by atoms with Crippen molar-refractivity contribution in [2.45, 2.75) is 45.3 Å². The molecule has 0 aromatic rings. The molecule has 0 fully saturated rings. The van der Waals surface area contributed by atoms with Crippen LogP contribution in [0.15, 0.2) is 12.2 Å². The van der Waals surface area contributed by atoms with Crippen LogP contribution in [0.1, 0.15) is 34.1 Å². The van der Waals surface area contributed by atoms with Crippen LogP contribution in [0.4, 0.5) is 4.79 Å². The second-order valence-electron chi connectivity index (χ2n) is 4.90. The molecule has 1 atom stereocenters. The van der Waals surface area contributed by atoms with Crippen LogP contribution in [0.25, 0.3) is 0 Å². The number of rotatable bonds is 4. The molecule has 0 aromatic heterocycles. The number of nitriles is 1. The predicted octanol–water partition coefficient (Wildman–Crippen LogP) is 1.82. The number of carbonyl (C=O) groups excluding carboxylic acids is 1. The standard InChI is InChI=1S/C12H18N2O4/c1-11(2,3)18-10(17)14-12(4,9(15)16)7-5-6-8-13/h5,7H,6H2,1-4H3,(H,14,17)(H,15,16)/b7-5-/t12-/m1/s1. The average Bonchev–Trinajstić information content (AvgIpc) is 2.14. The maximum absolute atomic E-state index is 11.5. The van der Waals surface area contributed by atoms with Crippen LogP contribution in [0.3, 0.4) is 0 Å². The van der Waals surface area contributed by atoms with Crippen molar-refractivity contribution >= 4 is 12.1 Å². The number of carbonyl (C=O) groups is 2. The van der Waals surface area contributed by atoms with E-state index in [0.29, 0.717) is 0 Å². The summed E-state index contributed by atoms with van der Waals surface area (Å²) in [6.45, 7) is 6.34. The summed E-state index contributed by atoms with van der Waals surface area (Å²) in [7, 11) is 0. The molecule has 0 saturated carbocycles. The molecule has 0 aliphatic carbocycles. The highest BCUT2D eigenvalue weighted by Crippen LogP contribution is 2.11. The zero-order valence-electron chi connectivity index (χ0n) is 11.0. The van der Waals surface area contributed by atoms with Crippen molar-refractivity contribution in [3.63, 3.8) is 0 Å². The molecule has 0 bridgehead atoms. The molecule has 18 heavy (non-hydrogen) atoms. The van der Waals surface area contributed by atoms with E-state index in [1.54, 1.807) is 20.8 Å². The van der Waals surface area contributed by atoms with E-state index in [0.717, 1.165) is 0 Å². The Morgan fingerprint density at radius 2 is 1.94 bits per heavy atom. The monoisotopic (exact) mass is 254 g/mol. The summed E-state index contributed by atoms with van der Waals surface area (Å²) in [5.41, 5.74) is -2.31. The van der Waals surface area contributed by atoms with Gasteiger partial charge in [-0.3, -0.25) is 0 Å². The summed E-state index contributed by atoms with van der Waals surface area (Å²) in [4.78, 5) is 22.6. The summed E-state index contributed by atoms with van der Waals surface area (Å²) in [6.07, 6.45) is 1.88. The van der Waals surface area contributed by atoms with Gasteiger partial charge in [0, 0.05) is 0 Å². The summed E-state index contributed by atoms with van der Waals surface area (Å²) < 4.78 is 4.98. The Morgan fingerprint density at radius 3 is 2.33 bits per heavy atom. The number of nitrogens with zero attached hydrogens (tertiary/aromatic N) is 1. The van der Waals surface area contributed by atoms with Crippen molar-refractivity contribution in [1.82, 2.24) is 5.32 Å². The first kappa shape index (κ1) is 16.0. The van der Waals surface area contributed by atoms with Crippen LogP contribution in [-0.4, -0.2) is 28.3 Å². The molecule has 0 aliphatic heterocycles. The Balaban J connectivity index is 4.78. The zero-order valence-corrected chi connectivity index (χ0v) is 11.0. The number of hydrogen-bond acceptors (Lipinski definition) is 4. The molecule has 6 nitrogen and oxygen atoms in total. The van der Waals surface area contributed by atoms with Crippen molar-refractivity contribution < 1.29 is 19.4 Å². The van der Waals surface area contributed by atoms with Gasteiger partial charge in [0.15, 0.2) is 5.54 Å². The van der Waals surface area contributed by atoms with Crippen molar-refractivity contribution in [3.8, 4) is 6.07 Å². The quantitative estimate of drug-likeness (QED) is 0.745. The van der Waals surface area contributed by atoms with E-state index in [4.69, 9.17) is 15.1 Å². The number of allylic oxidation sites excluding steroid dienone is 1. The van der Waals surface area contributed by atoms with Gasteiger partial charge in [0.05, 0.1) is 12.5 Å². The highest BCUT2D eigenvalue weighted by molar-refractivity contribution is 5.86. The fraction of sp³-hybridized carbons (Fsp3) is 0.583. The molecule has 0 spiro atoms. The van der Waals surface area contributed by atoms with E-state index in [9.17, 15) is 9.59 Å². The Bertz CT molecular complexity index is 390. The van der Waals surface area contributed by atoms with Crippen molar-refractivity contribution in [2.75, 3.05) is 0 Å². The lowest BCUT2D eigenvalue weighted by Gasteiger charge is -2.26. The van der Waals surface area contributed by atoms with Crippen LogP contribution in [0.5, 0.6) is 0 Å². The van der Waals surface area contributed by atoms with Gasteiger partial charge in [0.1, 0.15) is 5.60 Å². The van der Waals surface area contributed by atoms with Crippen LogP contribution >= 0.6 is 0 Å². The van der Waals surface area contributed by atoms with Crippen molar-refractivity contribution in [2.24, 2.45) is 0 Å². The maximum Gasteiger partial charge on any atom is 0.408 e. The number of alkyl carbamates (subject to hydrolysis) is 1. The highest BCUT2D eigenvalue weighted by Gasteiger charge is 2.33. The van der Waals surface area contributed by atoms with Gasteiger partial charge in [-0.15, -0.1) is 0 Å². The molecule has 0 aromatic carbocycles. The van der Waals surface area contributed by atoms with Gasteiger partial charge in [-0.2, -0.15) is 5.26 Å². The Morgan fingerprint density at radius 1 is 1.39 bits per heavy atom. The number of carboxylic acid groups (broad SMARTS) is 1. The summed E-state index contributed by atoms with van der Waals surface area (Å²) in [5, 5.41) is 19.7. The van der Waals surface area contributed by atoms with Gasteiger partial charge in [0.25, 0.3) is 0 Å². The first-order valence-corrected chi connectivity index (χ1v) is 5.40. The van der Waals surface area contributed by atoms with E-state index < -0.39 is 23.2 Å². The molecule has 6 heteroatoms. The predicted molar refractivity (Wildman–Crippen MR) is 64.8 cm³/mol. The lowest BCUT2D eigenvalue weighted by Crippen LogP contribution is -2.52. The molecule has 0 aliphatic rings. The minimum Gasteiger partial charge on any atom is -0.479 e. The minimum atomic E-state index is -1.60. The fourth-order valence-electron chi connectivity index (χ4n) is 1.03. The molecule has 1 amide bonds. The third-order valence-corrected chi connectivity index (χ3v) is 1.87. The lowest BCUT2D eigenvalue weighted by atomic mass is 10.0. The van der Waals surface area contributed by atoms with E-state index in [-0.39, 0.29) is 6.42 Å². The number of amides is 1. The van der Waals surface area contributed by atoms with Gasteiger partial charge >= 0.3 is 12.1 Å². The van der Waals surface area contributed by atoms with Gasteiger partial charge in [-0.05, 0) is 27.7 Å². The number of ether oxygens (including phenoxy) is 1. The van der Waals surface area contributed by atoms with Gasteiger partial charge in [-0.25, -0.2) is 9.59 Å². The van der Waals surface area contributed by atoms with E-state index in [1.807, 2.05) is 6.07 Å². The van der Waals surface area contributed by atoms with Crippen molar-refractivity contribution in [3.05, 3.63) is 12.2 Å². The second-order valence-corrected chi connectivity index (χ2v) is 4.90. The number of carboxylic acids is 1. The molecule has 0 unspecified atom stereocenters. The Kier molecular flexibility index (Phi) is 5.37. The van der Waals surface area contributed by atoms with Gasteiger partial charge in [0.2, 0.25) is 0 Å². The summed E-state index contributed by atoms with van der Waals surface area (Å²) in [5.74, 6) is -1.23. The zero-order chi connectivity index (χ0) is 14.4. The Hall–Kier alpha value is -2.03.